The van der Waals surface area contributed by atoms with Crippen molar-refractivity contribution in [1.29, 1.82) is 0 Å². The molecule has 4 heteroatoms. The number of esters is 1. The van der Waals surface area contributed by atoms with Gasteiger partial charge in [-0.05, 0) is 6.26 Å². The highest BCUT2D eigenvalue weighted by atomic mass is 32.2. The molecule has 58 valence electrons. The van der Waals surface area contributed by atoms with Crippen LogP contribution < -0.4 is 0 Å². The number of hydrogen-bond donors (Lipinski definition) is 1. The Kier molecular flexibility index (Phi) is 2.21. The Hall–Kier alpha value is -0.220. The minimum Gasteiger partial charge on any atom is -0.465 e. The summed E-state index contributed by atoms with van der Waals surface area (Å²) in [5.41, 5.74) is 0. The Morgan fingerprint density at radius 3 is 2.80 bits per heavy atom. The molecule has 3 nitrogen and oxygen atoms in total. The Morgan fingerprint density at radius 2 is 2.60 bits per heavy atom. The second kappa shape index (κ2) is 2.80. The van der Waals surface area contributed by atoms with Crippen LogP contribution in [0.4, 0.5) is 0 Å². The van der Waals surface area contributed by atoms with Gasteiger partial charge < -0.3 is 9.84 Å². The van der Waals surface area contributed by atoms with Crippen molar-refractivity contribution in [3.63, 3.8) is 0 Å². The second-order valence-corrected chi connectivity index (χ2v) is 3.43. The van der Waals surface area contributed by atoms with E-state index in [1.807, 2.05) is 6.26 Å². The maximum atomic E-state index is 11.0. The van der Waals surface area contributed by atoms with Gasteiger partial charge in [0.25, 0.3) is 0 Å². The van der Waals surface area contributed by atoms with Crippen molar-refractivity contribution < 1.29 is 14.6 Å². The molecule has 0 aliphatic carbocycles. The quantitative estimate of drug-likeness (QED) is 0.582. The summed E-state index contributed by atoms with van der Waals surface area (Å²) in [6.45, 7) is 0.327. The summed E-state index contributed by atoms with van der Waals surface area (Å²) in [6.07, 6.45) is 2.44. The molecule has 1 atom stereocenters. The van der Waals surface area contributed by atoms with Gasteiger partial charge in [0.1, 0.15) is 4.75 Å². The summed E-state index contributed by atoms with van der Waals surface area (Å²) < 4.78 is 4.08. The van der Waals surface area contributed by atoms with Crippen molar-refractivity contribution in [2.45, 2.75) is 11.2 Å². The van der Waals surface area contributed by atoms with Crippen molar-refractivity contribution in [1.82, 2.24) is 0 Å². The topological polar surface area (TPSA) is 46.5 Å². The number of cyclic esters (lactones) is 1. The summed E-state index contributed by atoms with van der Waals surface area (Å²) in [7, 11) is 0. The van der Waals surface area contributed by atoms with E-state index in [0.29, 0.717) is 13.0 Å². The number of carbonyl (C=O) groups is 1. The minimum absolute atomic E-state index is 0.118. The highest BCUT2D eigenvalue weighted by molar-refractivity contribution is 8.00. The van der Waals surface area contributed by atoms with E-state index in [9.17, 15) is 4.79 Å². The molecular formula is C6H10O3S. The van der Waals surface area contributed by atoms with E-state index < -0.39 is 4.75 Å². The fourth-order valence-corrected chi connectivity index (χ4v) is 1.58. The lowest BCUT2D eigenvalue weighted by Gasteiger charge is -2.17. The summed E-state index contributed by atoms with van der Waals surface area (Å²) in [5.74, 6) is -0.275. The maximum absolute atomic E-state index is 11.0. The van der Waals surface area contributed by atoms with Crippen LogP contribution in [0.3, 0.4) is 0 Å². The van der Waals surface area contributed by atoms with Crippen molar-refractivity contribution >= 4 is 17.7 Å². The number of hydrogen-bond acceptors (Lipinski definition) is 4. The number of rotatable bonds is 2. The third-order valence-electron chi connectivity index (χ3n) is 1.76. The molecule has 0 bridgehead atoms. The molecule has 1 aliphatic heterocycles. The molecule has 10 heavy (non-hydrogen) atoms. The van der Waals surface area contributed by atoms with Gasteiger partial charge in [-0.2, -0.15) is 0 Å². The highest BCUT2D eigenvalue weighted by Gasteiger charge is 2.43. The molecule has 0 unspecified atom stereocenters. The van der Waals surface area contributed by atoms with Crippen LogP contribution in [-0.2, 0) is 9.53 Å². The fourth-order valence-electron chi connectivity index (χ4n) is 0.936. The average molecular weight is 162 g/mol. The van der Waals surface area contributed by atoms with E-state index in [1.165, 1.54) is 11.8 Å². The number of aliphatic hydroxyl groups is 1. The van der Waals surface area contributed by atoms with Crippen LogP contribution in [0.25, 0.3) is 0 Å². The lowest BCUT2D eigenvalue weighted by atomic mass is 10.1. The Balaban J connectivity index is 2.71. The summed E-state index contributed by atoms with van der Waals surface area (Å²) in [6, 6.07) is 0. The molecule has 1 rings (SSSR count). The van der Waals surface area contributed by atoms with Crippen LogP contribution in [0.15, 0.2) is 0 Å². The van der Waals surface area contributed by atoms with Gasteiger partial charge >= 0.3 is 5.97 Å². The van der Waals surface area contributed by atoms with Crippen LogP contribution in [0.5, 0.6) is 0 Å². The van der Waals surface area contributed by atoms with Crippen LogP contribution >= 0.6 is 11.8 Å². The smallest absolute Gasteiger partial charge is 0.324 e. The molecule has 0 aromatic rings. The molecule has 0 saturated carbocycles. The van der Waals surface area contributed by atoms with Gasteiger partial charge in [0, 0.05) is 6.42 Å². The van der Waals surface area contributed by atoms with Gasteiger partial charge in [0.2, 0.25) is 0 Å². The van der Waals surface area contributed by atoms with Gasteiger partial charge in [0.15, 0.2) is 0 Å². The SMILES string of the molecule is CS[C@]1(CO)CCOC1=O. The highest BCUT2D eigenvalue weighted by Crippen LogP contribution is 2.32. The van der Waals surface area contributed by atoms with Gasteiger partial charge in [0.05, 0.1) is 13.2 Å². The third-order valence-corrected chi connectivity index (χ3v) is 3.04. The second-order valence-electron chi connectivity index (χ2n) is 2.24. The number of aliphatic hydroxyl groups excluding tert-OH is 1. The average Bonchev–Trinajstić information content (AvgIpc) is 2.32. The monoisotopic (exact) mass is 162 g/mol. The number of carbonyl (C=O) groups excluding carboxylic acids is 1. The molecule has 1 fully saturated rings. The molecular weight excluding hydrogens is 152 g/mol. The largest absolute Gasteiger partial charge is 0.465 e. The summed E-state index contributed by atoms with van der Waals surface area (Å²) in [4.78, 5) is 11.0. The van der Waals surface area contributed by atoms with Crippen molar-refractivity contribution in [3.8, 4) is 0 Å². The Bertz CT molecular complexity index is 142. The Morgan fingerprint density at radius 1 is 1.90 bits per heavy atom. The molecule has 0 radical (unpaired) electrons. The minimum atomic E-state index is -0.653. The van der Waals surface area contributed by atoms with Crippen LogP contribution in [0, 0.1) is 0 Å². The lowest BCUT2D eigenvalue weighted by molar-refractivity contribution is -0.140. The third kappa shape index (κ3) is 1.01. The maximum Gasteiger partial charge on any atom is 0.324 e. The van der Waals surface area contributed by atoms with Crippen LogP contribution in [-0.4, -0.2) is 35.3 Å². The van der Waals surface area contributed by atoms with Gasteiger partial charge in [-0.3, -0.25) is 4.79 Å². The predicted octanol–water partition coefficient (Wildman–Crippen LogP) is 0.0274. The first kappa shape index (κ1) is 7.88. The molecule has 0 aromatic heterocycles. The normalized spacial score (nSPS) is 32.4. The molecule has 1 heterocycles. The predicted molar refractivity (Wildman–Crippen MR) is 38.9 cm³/mol. The lowest BCUT2D eigenvalue weighted by Crippen LogP contribution is -2.34. The van der Waals surface area contributed by atoms with E-state index in [-0.39, 0.29) is 12.6 Å². The zero-order valence-electron chi connectivity index (χ0n) is 5.79. The Labute approximate surface area is 63.8 Å². The first-order chi connectivity index (χ1) is 4.75. The zero-order valence-corrected chi connectivity index (χ0v) is 6.61. The van der Waals surface area contributed by atoms with E-state index in [4.69, 9.17) is 9.84 Å². The van der Waals surface area contributed by atoms with Crippen molar-refractivity contribution in [2.24, 2.45) is 0 Å². The summed E-state index contributed by atoms with van der Waals surface area (Å²) >= 11 is 1.36. The summed E-state index contributed by atoms with van der Waals surface area (Å²) in [5, 5.41) is 8.87. The number of ether oxygens (including phenoxy) is 1. The van der Waals surface area contributed by atoms with Gasteiger partial charge in [-0.25, -0.2) is 0 Å². The molecule has 0 aromatic carbocycles. The molecule has 1 aliphatic rings. The van der Waals surface area contributed by atoms with E-state index in [0.717, 1.165) is 0 Å². The van der Waals surface area contributed by atoms with Crippen molar-refractivity contribution in [3.05, 3.63) is 0 Å². The number of thioether (sulfide) groups is 1. The van der Waals surface area contributed by atoms with Gasteiger partial charge in [-0.1, -0.05) is 0 Å². The standard InChI is InChI=1S/C6H10O3S/c1-10-6(4-7)2-3-9-5(6)8/h7H,2-4H2,1H3/t6-/m0/s1. The molecule has 1 saturated heterocycles. The zero-order chi connectivity index (χ0) is 7.61. The molecule has 0 spiro atoms. The van der Waals surface area contributed by atoms with Crippen LogP contribution in [0.1, 0.15) is 6.42 Å². The van der Waals surface area contributed by atoms with E-state index in [2.05, 4.69) is 0 Å². The van der Waals surface area contributed by atoms with Crippen LogP contribution in [0.2, 0.25) is 0 Å². The fraction of sp³-hybridized carbons (Fsp3) is 0.833. The van der Waals surface area contributed by atoms with Gasteiger partial charge in [-0.15, -0.1) is 11.8 Å². The van der Waals surface area contributed by atoms with Crippen molar-refractivity contribution in [2.75, 3.05) is 19.5 Å². The molecule has 0 amide bonds. The molecule has 1 N–H and O–H groups in total. The first-order valence-corrected chi connectivity index (χ1v) is 4.31. The first-order valence-electron chi connectivity index (χ1n) is 3.08. The van der Waals surface area contributed by atoms with E-state index in [1.54, 1.807) is 0 Å². The van der Waals surface area contributed by atoms with E-state index >= 15 is 0 Å².